The Balaban J connectivity index is 1.58. The Kier molecular flexibility index (Phi) is 7.51. The van der Waals surface area contributed by atoms with Gasteiger partial charge in [-0.2, -0.15) is 0 Å². The van der Waals surface area contributed by atoms with Crippen LogP contribution in [0.2, 0.25) is 5.02 Å². The first-order valence-electron chi connectivity index (χ1n) is 9.59. The van der Waals surface area contributed by atoms with Crippen LogP contribution in [0.25, 0.3) is 11.1 Å². The first-order chi connectivity index (χ1) is 15.0. The van der Waals surface area contributed by atoms with E-state index >= 15 is 0 Å². The zero-order chi connectivity index (χ0) is 22.2. The van der Waals surface area contributed by atoms with Crippen molar-refractivity contribution in [1.29, 1.82) is 0 Å². The van der Waals surface area contributed by atoms with Gasteiger partial charge >= 0.3 is 5.97 Å². The van der Waals surface area contributed by atoms with Crippen molar-refractivity contribution >= 4 is 29.2 Å². The van der Waals surface area contributed by atoms with E-state index in [0.717, 1.165) is 11.1 Å². The highest BCUT2D eigenvalue weighted by atomic mass is 35.5. The fourth-order valence-electron chi connectivity index (χ4n) is 2.88. The van der Waals surface area contributed by atoms with E-state index in [0.29, 0.717) is 22.2 Å². The van der Waals surface area contributed by atoms with Crippen molar-refractivity contribution in [2.75, 3.05) is 19.0 Å². The second-order valence-corrected chi connectivity index (χ2v) is 7.05. The predicted octanol–water partition coefficient (Wildman–Crippen LogP) is 4.96. The molecule has 0 bridgehead atoms. The molecule has 31 heavy (non-hydrogen) atoms. The third-order valence-electron chi connectivity index (χ3n) is 4.41. The molecule has 1 unspecified atom stereocenters. The van der Waals surface area contributed by atoms with Crippen LogP contribution in [0.3, 0.4) is 0 Å². The number of benzene rings is 3. The smallest absolute Gasteiger partial charge is 0.344 e. The minimum atomic E-state index is -1.04. The molecule has 0 radical (unpaired) electrons. The molecule has 160 valence electrons. The number of hydrogen-bond donors (Lipinski definition) is 1. The van der Waals surface area contributed by atoms with Gasteiger partial charge in [0.25, 0.3) is 5.91 Å². The molecule has 3 aromatic carbocycles. The SMILES string of the molecule is COc1ccc(Cl)cc1NC(=O)C(C)OC(=O)COc1ccccc1-c1ccccc1. The molecule has 0 aliphatic rings. The van der Waals surface area contributed by atoms with Crippen molar-refractivity contribution in [3.05, 3.63) is 77.8 Å². The standard InChI is InChI=1S/C24H22ClNO5/c1-16(24(28)26-20-14-18(25)12-13-22(20)29-2)31-23(27)15-30-21-11-7-6-10-19(21)17-8-4-3-5-9-17/h3-14,16H,15H2,1-2H3,(H,26,28). The van der Waals surface area contributed by atoms with Gasteiger partial charge in [-0.15, -0.1) is 0 Å². The Labute approximate surface area is 185 Å². The minimum Gasteiger partial charge on any atom is -0.495 e. The van der Waals surface area contributed by atoms with E-state index in [1.165, 1.54) is 14.0 Å². The summed E-state index contributed by atoms with van der Waals surface area (Å²) in [5.41, 5.74) is 2.21. The van der Waals surface area contributed by atoms with Crippen LogP contribution in [0.4, 0.5) is 5.69 Å². The van der Waals surface area contributed by atoms with Crippen molar-refractivity contribution in [1.82, 2.24) is 0 Å². The minimum absolute atomic E-state index is 0.331. The maximum Gasteiger partial charge on any atom is 0.344 e. The van der Waals surface area contributed by atoms with Crippen LogP contribution in [0.1, 0.15) is 6.92 Å². The van der Waals surface area contributed by atoms with Gasteiger partial charge in [-0.1, -0.05) is 60.1 Å². The zero-order valence-corrected chi connectivity index (χ0v) is 17.9. The summed E-state index contributed by atoms with van der Waals surface area (Å²) in [5.74, 6) is -0.189. The van der Waals surface area contributed by atoms with Crippen LogP contribution in [0, 0.1) is 0 Å². The molecule has 0 aliphatic carbocycles. The number of halogens is 1. The Bertz CT molecular complexity index is 1050. The molecule has 3 aromatic rings. The largest absolute Gasteiger partial charge is 0.495 e. The lowest BCUT2D eigenvalue weighted by atomic mass is 10.1. The monoisotopic (exact) mass is 439 g/mol. The lowest BCUT2D eigenvalue weighted by Crippen LogP contribution is -2.31. The Morgan fingerprint density at radius 2 is 1.68 bits per heavy atom. The highest BCUT2D eigenvalue weighted by Gasteiger charge is 2.20. The second-order valence-electron chi connectivity index (χ2n) is 6.62. The van der Waals surface area contributed by atoms with E-state index in [-0.39, 0.29) is 6.61 Å². The number of carbonyl (C=O) groups is 2. The van der Waals surface area contributed by atoms with Gasteiger partial charge < -0.3 is 19.5 Å². The van der Waals surface area contributed by atoms with Gasteiger partial charge in [0, 0.05) is 10.6 Å². The summed E-state index contributed by atoms with van der Waals surface area (Å²) >= 11 is 5.97. The third-order valence-corrected chi connectivity index (χ3v) is 4.65. The average molecular weight is 440 g/mol. The van der Waals surface area contributed by atoms with Crippen molar-refractivity contribution in [2.45, 2.75) is 13.0 Å². The van der Waals surface area contributed by atoms with Crippen LogP contribution in [0.15, 0.2) is 72.8 Å². The molecule has 7 heteroatoms. The summed E-state index contributed by atoms with van der Waals surface area (Å²) in [4.78, 5) is 24.6. The molecule has 1 amide bonds. The van der Waals surface area contributed by atoms with E-state index in [1.807, 2.05) is 48.5 Å². The molecule has 1 N–H and O–H groups in total. The topological polar surface area (TPSA) is 73.9 Å². The summed E-state index contributed by atoms with van der Waals surface area (Å²) in [5, 5.41) is 3.08. The van der Waals surface area contributed by atoms with Gasteiger partial charge in [-0.05, 0) is 36.8 Å². The van der Waals surface area contributed by atoms with Gasteiger partial charge in [-0.3, -0.25) is 4.79 Å². The van der Waals surface area contributed by atoms with Crippen LogP contribution in [0.5, 0.6) is 11.5 Å². The van der Waals surface area contributed by atoms with Crippen LogP contribution < -0.4 is 14.8 Å². The van der Waals surface area contributed by atoms with E-state index in [4.69, 9.17) is 25.8 Å². The van der Waals surface area contributed by atoms with E-state index in [2.05, 4.69) is 5.32 Å². The van der Waals surface area contributed by atoms with Gasteiger partial charge in [0.05, 0.1) is 12.8 Å². The first-order valence-corrected chi connectivity index (χ1v) is 9.97. The number of para-hydroxylation sites is 1. The van der Waals surface area contributed by atoms with Gasteiger partial charge in [0.15, 0.2) is 12.7 Å². The average Bonchev–Trinajstić information content (AvgIpc) is 2.78. The van der Waals surface area contributed by atoms with Crippen LogP contribution in [-0.2, 0) is 14.3 Å². The summed E-state index contributed by atoms with van der Waals surface area (Å²) in [7, 11) is 1.48. The fourth-order valence-corrected chi connectivity index (χ4v) is 3.05. The number of ether oxygens (including phenoxy) is 3. The highest BCUT2D eigenvalue weighted by molar-refractivity contribution is 6.31. The van der Waals surface area contributed by atoms with Gasteiger partial charge in [-0.25, -0.2) is 4.79 Å². The lowest BCUT2D eigenvalue weighted by Gasteiger charge is -2.16. The van der Waals surface area contributed by atoms with E-state index in [1.54, 1.807) is 24.3 Å². The number of methoxy groups -OCH3 is 1. The number of carbonyl (C=O) groups excluding carboxylic acids is 2. The number of amides is 1. The van der Waals surface area contributed by atoms with Crippen molar-refractivity contribution in [3.8, 4) is 22.6 Å². The van der Waals surface area contributed by atoms with Crippen LogP contribution >= 0.6 is 11.6 Å². The van der Waals surface area contributed by atoms with Gasteiger partial charge in [0.1, 0.15) is 11.5 Å². The molecule has 3 rings (SSSR count). The Morgan fingerprint density at radius 3 is 2.42 bits per heavy atom. The molecule has 0 saturated carbocycles. The Hall–Kier alpha value is -3.51. The van der Waals surface area contributed by atoms with Gasteiger partial charge in [0.2, 0.25) is 0 Å². The molecule has 1 atom stereocenters. The van der Waals surface area contributed by atoms with Crippen molar-refractivity contribution < 1.29 is 23.8 Å². The molecule has 0 spiro atoms. The zero-order valence-electron chi connectivity index (χ0n) is 17.1. The quantitative estimate of drug-likeness (QED) is 0.502. The highest BCUT2D eigenvalue weighted by Crippen LogP contribution is 2.30. The molecule has 0 heterocycles. The normalized spacial score (nSPS) is 11.3. The number of hydrogen-bond acceptors (Lipinski definition) is 5. The number of rotatable bonds is 8. The van der Waals surface area contributed by atoms with Crippen molar-refractivity contribution in [2.24, 2.45) is 0 Å². The molecule has 0 fully saturated rings. The molecule has 0 aromatic heterocycles. The molecular formula is C24H22ClNO5. The van der Waals surface area contributed by atoms with Crippen molar-refractivity contribution in [3.63, 3.8) is 0 Å². The Morgan fingerprint density at radius 1 is 0.968 bits per heavy atom. The first kappa shape index (κ1) is 22.2. The number of esters is 1. The number of anilines is 1. The molecule has 0 aliphatic heterocycles. The van der Waals surface area contributed by atoms with E-state index < -0.39 is 18.0 Å². The van der Waals surface area contributed by atoms with E-state index in [9.17, 15) is 9.59 Å². The second kappa shape index (κ2) is 10.5. The summed E-state index contributed by atoms with van der Waals surface area (Å²) in [6.07, 6.45) is -1.04. The number of nitrogens with one attached hydrogen (secondary N) is 1. The summed E-state index contributed by atoms with van der Waals surface area (Å²) < 4.78 is 16.1. The van der Waals surface area contributed by atoms with Crippen LogP contribution in [-0.4, -0.2) is 31.7 Å². The summed E-state index contributed by atoms with van der Waals surface area (Å²) in [6.45, 7) is 1.14. The maximum atomic E-state index is 12.4. The molecule has 6 nitrogen and oxygen atoms in total. The maximum absolute atomic E-state index is 12.4. The third kappa shape index (κ3) is 5.99. The molecule has 0 saturated heterocycles. The summed E-state index contributed by atoms with van der Waals surface area (Å²) in [6, 6.07) is 21.9. The molecular weight excluding hydrogens is 418 g/mol. The fraction of sp³-hybridized carbons (Fsp3) is 0.167. The lowest BCUT2D eigenvalue weighted by molar-refractivity contribution is -0.155. The predicted molar refractivity (Wildman–Crippen MR) is 120 cm³/mol.